The van der Waals surface area contributed by atoms with Gasteiger partial charge in [0.15, 0.2) is 0 Å². The second kappa shape index (κ2) is 4.97. The van der Waals surface area contributed by atoms with Gasteiger partial charge in [-0.05, 0) is 30.2 Å². The fourth-order valence-electron chi connectivity index (χ4n) is 2.08. The standard InChI is InChI=1S/C12H16ClNO/c13-14-8-11(12(15)9-14)7-6-10-4-2-1-3-5-10/h1-5,11-12,15H,6-9H2/t11-,12-/m0/s1. The van der Waals surface area contributed by atoms with Crippen molar-refractivity contribution in [1.29, 1.82) is 0 Å². The van der Waals surface area contributed by atoms with Gasteiger partial charge in [0.25, 0.3) is 0 Å². The summed E-state index contributed by atoms with van der Waals surface area (Å²) in [7, 11) is 0. The second-order valence-corrected chi connectivity index (χ2v) is 4.66. The first-order valence-electron chi connectivity index (χ1n) is 5.38. The highest BCUT2D eigenvalue weighted by atomic mass is 35.5. The molecule has 0 radical (unpaired) electrons. The molecule has 0 aliphatic carbocycles. The molecule has 2 nitrogen and oxygen atoms in total. The third kappa shape index (κ3) is 2.94. The molecule has 0 saturated carbocycles. The van der Waals surface area contributed by atoms with Crippen LogP contribution >= 0.6 is 11.8 Å². The number of β-amino-alcohol motifs (C(OH)–C–C–N with tert-alkyl or cyclic N) is 1. The van der Waals surface area contributed by atoms with E-state index >= 15 is 0 Å². The number of nitrogens with zero attached hydrogens (tertiary/aromatic N) is 1. The lowest BCUT2D eigenvalue weighted by molar-refractivity contribution is 0.141. The topological polar surface area (TPSA) is 23.5 Å². The number of rotatable bonds is 3. The van der Waals surface area contributed by atoms with Crippen LogP contribution in [0.1, 0.15) is 12.0 Å². The average Bonchev–Trinajstić information content (AvgIpc) is 2.56. The van der Waals surface area contributed by atoms with Crippen LogP contribution in [0.4, 0.5) is 0 Å². The maximum Gasteiger partial charge on any atom is 0.0721 e. The van der Waals surface area contributed by atoms with Crippen LogP contribution in [0.15, 0.2) is 30.3 Å². The predicted molar refractivity (Wildman–Crippen MR) is 61.7 cm³/mol. The number of aryl methyl sites for hydroxylation is 1. The van der Waals surface area contributed by atoms with Crippen molar-refractivity contribution in [3.05, 3.63) is 35.9 Å². The summed E-state index contributed by atoms with van der Waals surface area (Å²) in [5.74, 6) is 0.322. The summed E-state index contributed by atoms with van der Waals surface area (Å²) in [6.07, 6.45) is 1.77. The summed E-state index contributed by atoms with van der Waals surface area (Å²) in [6, 6.07) is 10.4. The minimum Gasteiger partial charge on any atom is -0.391 e. The van der Waals surface area contributed by atoms with E-state index in [1.807, 2.05) is 18.2 Å². The molecule has 1 N–H and O–H groups in total. The molecule has 0 aromatic heterocycles. The summed E-state index contributed by atoms with van der Waals surface area (Å²) in [4.78, 5) is 0. The molecule has 0 unspecified atom stereocenters. The SMILES string of the molecule is O[C@H]1CN(Cl)C[C@@H]1CCc1ccccc1. The Bertz CT molecular complexity index is 304. The van der Waals surface area contributed by atoms with Crippen molar-refractivity contribution >= 4 is 11.8 Å². The molecule has 1 aromatic rings. The Kier molecular flexibility index (Phi) is 3.62. The Morgan fingerprint density at radius 1 is 1.27 bits per heavy atom. The molecule has 0 spiro atoms. The lowest BCUT2D eigenvalue weighted by Crippen LogP contribution is -2.18. The zero-order valence-corrected chi connectivity index (χ0v) is 9.40. The molecule has 0 amide bonds. The summed E-state index contributed by atoms with van der Waals surface area (Å²) >= 11 is 5.86. The van der Waals surface area contributed by atoms with E-state index in [-0.39, 0.29) is 6.10 Å². The lowest BCUT2D eigenvalue weighted by atomic mass is 9.97. The van der Waals surface area contributed by atoms with E-state index in [0.29, 0.717) is 12.5 Å². The van der Waals surface area contributed by atoms with Gasteiger partial charge in [-0.1, -0.05) is 30.3 Å². The third-order valence-electron chi connectivity index (χ3n) is 3.01. The summed E-state index contributed by atoms with van der Waals surface area (Å²) in [5, 5.41) is 9.71. The predicted octanol–water partition coefficient (Wildman–Crippen LogP) is 2.07. The van der Waals surface area contributed by atoms with Gasteiger partial charge in [0, 0.05) is 19.0 Å². The molecule has 1 saturated heterocycles. The number of aliphatic hydroxyl groups excluding tert-OH is 1. The Morgan fingerprint density at radius 2 is 2.00 bits per heavy atom. The molecule has 2 rings (SSSR count). The van der Waals surface area contributed by atoms with Crippen LogP contribution in [-0.2, 0) is 6.42 Å². The molecular formula is C12H16ClNO. The average molecular weight is 226 g/mol. The van der Waals surface area contributed by atoms with E-state index in [4.69, 9.17) is 11.8 Å². The highest BCUT2D eigenvalue weighted by Gasteiger charge is 2.29. The van der Waals surface area contributed by atoms with E-state index in [2.05, 4.69) is 12.1 Å². The molecule has 82 valence electrons. The van der Waals surface area contributed by atoms with Gasteiger partial charge in [0.1, 0.15) is 0 Å². The fraction of sp³-hybridized carbons (Fsp3) is 0.500. The third-order valence-corrected chi connectivity index (χ3v) is 3.28. The molecule has 1 fully saturated rings. The van der Waals surface area contributed by atoms with Gasteiger partial charge < -0.3 is 5.11 Å². The second-order valence-electron chi connectivity index (χ2n) is 4.18. The van der Waals surface area contributed by atoms with Gasteiger partial charge >= 0.3 is 0 Å². The maximum absolute atomic E-state index is 9.71. The van der Waals surface area contributed by atoms with E-state index < -0.39 is 0 Å². The minimum atomic E-state index is -0.258. The number of hydrogen-bond acceptors (Lipinski definition) is 2. The first-order chi connectivity index (χ1) is 7.25. The zero-order chi connectivity index (χ0) is 10.7. The van der Waals surface area contributed by atoms with Gasteiger partial charge in [-0.3, -0.25) is 0 Å². The van der Waals surface area contributed by atoms with Gasteiger partial charge in [-0.2, -0.15) is 0 Å². The Balaban J connectivity index is 1.84. The first-order valence-corrected chi connectivity index (χ1v) is 5.72. The van der Waals surface area contributed by atoms with Crippen LogP contribution in [0.5, 0.6) is 0 Å². The van der Waals surface area contributed by atoms with E-state index in [1.54, 1.807) is 4.42 Å². The molecule has 15 heavy (non-hydrogen) atoms. The molecule has 1 aromatic carbocycles. The lowest BCUT2D eigenvalue weighted by Gasteiger charge is -2.12. The number of halogens is 1. The zero-order valence-electron chi connectivity index (χ0n) is 8.64. The van der Waals surface area contributed by atoms with E-state index in [0.717, 1.165) is 19.4 Å². The molecule has 3 heteroatoms. The smallest absolute Gasteiger partial charge is 0.0721 e. The van der Waals surface area contributed by atoms with Crippen molar-refractivity contribution in [3.63, 3.8) is 0 Å². The summed E-state index contributed by atoms with van der Waals surface area (Å²) in [5.41, 5.74) is 1.33. The quantitative estimate of drug-likeness (QED) is 0.797. The Labute approximate surface area is 95.6 Å². The maximum atomic E-state index is 9.71. The van der Waals surface area contributed by atoms with Crippen LogP contribution < -0.4 is 0 Å². The first kappa shape index (κ1) is 10.9. The molecular weight excluding hydrogens is 210 g/mol. The number of benzene rings is 1. The normalized spacial score (nSPS) is 27.1. The van der Waals surface area contributed by atoms with Crippen molar-refractivity contribution in [2.24, 2.45) is 5.92 Å². The van der Waals surface area contributed by atoms with Crippen LogP contribution in [0.25, 0.3) is 0 Å². The van der Waals surface area contributed by atoms with Crippen molar-refractivity contribution in [3.8, 4) is 0 Å². The van der Waals surface area contributed by atoms with Crippen LogP contribution in [0.2, 0.25) is 0 Å². The highest BCUT2D eigenvalue weighted by Crippen LogP contribution is 2.23. The summed E-state index contributed by atoms with van der Waals surface area (Å²) in [6.45, 7) is 1.40. The van der Waals surface area contributed by atoms with Crippen LogP contribution in [0, 0.1) is 5.92 Å². The van der Waals surface area contributed by atoms with Crippen molar-refractivity contribution < 1.29 is 5.11 Å². The fourth-order valence-corrected chi connectivity index (χ4v) is 2.40. The summed E-state index contributed by atoms with van der Waals surface area (Å²) < 4.78 is 1.68. The molecule has 0 bridgehead atoms. The number of hydrogen-bond donors (Lipinski definition) is 1. The van der Waals surface area contributed by atoms with Crippen molar-refractivity contribution in [1.82, 2.24) is 4.42 Å². The molecule has 1 aliphatic heterocycles. The Hall–Kier alpha value is -0.570. The van der Waals surface area contributed by atoms with Crippen LogP contribution in [-0.4, -0.2) is 28.7 Å². The van der Waals surface area contributed by atoms with Crippen LogP contribution in [0.3, 0.4) is 0 Å². The van der Waals surface area contributed by atoms with Crippen molar-refractivity contribution in [2.45, 2.75) is 18.9 Å². The van der Waals surface area contributed by atoms with Gasteiger partial charge in [0.05, 0.1) is 6.10 Å². The monoisotopic (exact) mass is 225 g/mol. The van der Waals surface area contributed by atoms with Gasteiger partial charge in [-0.25, -0.2) is 4.42 Å². The van der Waals surface area contributed by atoms with E-state index in [1.165, 1.54) is 5.56 Å². The molecule has 2 atom stereocenters. The minimum absolute atomic E-state index is 0.258. The molecule has 1 aliphatic rings. The van der Waals surface area contributed by atoms with Gasteiger partial charge in [0.2, 0.25) is 0 Å². The highest BCUT2D eigenvalue weighted by molar-refractivity contribution is 6.13. The largest absolute Gasteiger partial charge is 0.391 e. The number of aliphatic hydroxyl groups is 1. The van der Waals surface area contributed by atoms with E-state index in [9.17, 15) is 5.11 Å². The molecule has 1 heterocycles. The Morgan fingerprint density at radius 3 is 2.60 bits per heavy atom. The van der Waals surface area contributed by atoms with Crippen molar-refractivity contribution in [2.75, 3.05) is 13.1 Å². The van der Waals surface area contributed by atoms with Gasteiger partial charge in [-0.15, -0.1) is 0 Å².